The Bertz CT molecular complexity index is 2120. The van der Waals surface area contributed by atoms with E-state index in [0.29, 0.717) is 0 Å². The van der Waals surface area contributed by atoms with E-state index >= 15 is 0 Å². The van der Waals surface area contributed by atoms with Gasteiger partial charge in [0.2, 0.25) is 0 Å². The molecule has 0 fully saturated rings. The van der Waals surface area contributed by atoms with Gasteiger partial charge in [-0.05, 0) is 68.6 Å². The van der Waals surface area contributed by atoms with E-state index in [9.17, 15) is 5.11 Å². The van der Waals surface area contributed by atoms with E-state index in [1.54, 1.807) is 6.07 Å². The summed E-state index contributed by atoms with van der Waals surface area (Å²) in [5.74, 6) is 1.09. The van der Waals surface area contributed by atoms with Crippen LogP contribution in [0.5, 0.6) is 5.75 Å². The Morgan fingerprint density at radius 2 is 1.48 bits per heavy atom. The van der Waals surface area contributed by atoms with Crippen molar-refractivity contribution in [3.05, 3.63) is 114 Å². The number of rotatable bonds is 3. The first-order chi connectivity index (χ1) is 20.5. The molecule has 1 radical (unpaired) electrons. The van der Waals surface area contributed by atoms with E-state index in [2.05, 4.69) is 125 Å². The Morgan fingerprint density at radius 3 is 2.25 bits per heavy atom. The molecule has 1 N–H and O–H groups in total. The van der Waals surface area contributed by atoms with Crippen LogP contribution in [0.1, 0.15) is 52.7 Å². The smallest absolute Gasteiger partial charge is 0.136 e. The molecule has 0 atom stereocenters. The van der Waals surface area contributed by atoms with E-state index in [0.717, 1.165) is 61.2 Å². The normalized spacial score (nSPS) is 12.2. The van der Waals surface area contributed by atoms with Gasteiger partial charge < -0.3 is 14.7 Å². The first-order valence-electron chi connectivity index (χ1n) is 14.8. The molecule has 3 aromatic heterocycles. The number of aromatic nitrogens is 3. The molecule has 0 spiro atoms. The Morgan fingerprint density at radius 1 is 0.727 bits per heavy atom. The Labute approximate surface area is 274 Å². The predicted molar refractivity (Wildman–Crippen MR) is 178 cm³/mol. The average Bonchev–Trinajstić information content (AvgIpc) is 3.55. The summed E-state index contributed by atoms with van der Waals surface area (Å²) in [6, 6.07) is 36.6. The number of phenolic OH excluding ortho intramolecular Hbond substituents is 1. The minimum Gasteiger partial charge on any atom is -0.656 e. The summed E-state index contributed by atoms with van der Waals surface area (Å²) in [4.78, 5) is 10.4. The van der Waals surface area contributed by atoms with Crippen molar-refractivity contribution in [1.29, 1.82) is 0 Å². The fourth-order valence-electron chi connectivity index (χ4n) is 5.94. The van der Waals surface area contributed by atoms with Crippen LogP contribution < -0.4 is 4.98 Å². The number of pyridine rings is 1. The summed E-state index contributed by atoms with van der Waals surface area (Å²) in [7, 11) is 0. The monoisotopic (exact) mass is 758 g/mol. The molecule has 225 valence electrons. The van der Waals surface area contributed by atoms with Gasteiger partial charge in [0.25, 0.3) is 0 Å². The molecule has 44 heavy (non-hydrogen) atoms. The first kappa shape index (κ1) is 30.0. The maximum absolute atomic E-state index is 10.8. The van der Waals surface area contributed by atoms with Gasteiger partial charge in [-0.1, -0.05) is 95.6 Å². The molecule has 0 bridgehead atoms. The number of hydrogen-bond acceptors (Lipinski definition) is 2. The summed E-state index contributed by atoms with van der Waals surface area (Å²) in [5.41, 5.74) is 8.51. The van der Waals surface area contributed by atoms with Crippen molar-refractivity contribution in [3.63, 3.8) is 0 Å². The zero-order valence-corrected chi connectivity index (χ0v) is 28.0. The molecule has 7 rings (SSSR count). The van der Waals surface area contributed by atoms with E-state index in [4.69, 9.17) is 9.97 Å². The summed E-state index contributed by atoms with van der Waals surface area (Å²) in [5, 5.41) is 14.2. The van der Waals surface area contributed by atoms with Crippen molar-refractivity contribution >= 4 is 32.7 Å². The number of benzene rings is 4. The number of hydrogen-bond donors (Lipinski definition) is 1. The van der Waals surface area contributed by atoms with Crippen molar-refractivity contribution in [3.8, 4) is 34.1 Å². The maximum Gasteiger partial charge on any atom is 0.136 e. The van der Waals surface area contributed by atoms with E-state index in [1.165, 1.54) is 10.9 Å². The molecule has 0 aliphatic carbocycles. The van der Waals surface area contributed by atoms with Gasteiger partial charge in [0.1, 0.15) is 11.6 Å². The van der Waals surface area contributed by atoms with Gasteiger partial charge in [-0.3, -0.25) is 0 Å². The molecule has 0 unspecified atom stereocenters. The fourth-order valence-corrected chi connectivity index (χ4v) is 5.94. The third-order valence-electron chi connectivity index (χ3n) is 8.41. The van der Waals surface area contributed by atoms with Crippen molar-refractivity contribution in [2.45, 2.75) is 52.4 Å². The zero-order chi connectivity index (χ0) is 30.1. The summed E-state index contributed by atoms with van der Waals surface area (Å²) < 4.78 is 2.23. The molecule has 0 aliphatic rings. The second-order valence-corrected chi connectivity index (χ2v) is 13.5. The van der Waals surface area contributed by atoms with Gasteiger partial charge in [-0.2, -0.15) is 24.3 Å². The van der Waals surface area contributed by atoms with Crippen LogP contribution >= 0.6 is 0 Å². The average molecular weight is 759 g/mol. The molecule has 0 saturated heterocycles. The number of aromatic hydroxyl groups is 1. The third-order valence-corrected chi connectivity index (χ3v) is 8.41. The summed E-state index contributed by atoms with van der Waals surface area (Å²) >= 11 is 0. The zero-order valence-electron chi connectivity index (χ0n) is 25.8. The van der Waals surface area contributed by atoms with Crippen LogP contribution in [0.15, 0.2) is 97.1 Å². The molecule has 4 nitrogen and oxygen atoms in total. The van der Waals surface area contributed by atoms with Crippen LogP contribution in [-0.4, -0.2) is 14.7 Å². The maximum atomic E-state index is 10.8. The van der Waals surface area contributed by atoms with Gasteiger partial charge in [0.15, 0.2) is 0 Å². The number of nitrogens with zero attached hydrogens (tertiary/aromatic N) is 3. The van der Waals surface area contributed by atoms with E-state index in [1.807, 2.05) is 18.2 Å². The largest absolute Gasteiger partial charge is 0.656 e. The minimum absolute atomic E-state index is 0. The quantitative estimate of drug-likeness (QED) is 0.144. The third kappa shape index (κ3) is 5.07. The van der Waals surface area contributed by atoms with Crippen LogP contribution in [0.4, 0.5) is 0 Å². The molecule has 0 amide bonds. The van der Waals surface area contributed by atoms with Crippen LogP contribution in [0, 0.1) is 6.07 Å². The predicted octanol–water partition coefficient (Wildman–Crippen LogP) is 9.72. The summed E-state index contributed by atoms with van der Waals surface area (Å²) in [6.07, 6.45) is 0. The second-order valence-electron chi connectivity index (χ2n) is 13.5. The number of fused-ring (bicyclic) bond motifs is 4. The summed E-state index contributed by atoms with van der Waals surface area (Å²) in [6.45, 7) is 13.2. The van der Waals surface area contributed by atoms with Crippen molar-refractivity contribution < 1.29 is 27.5 Å². The Hall–Kier alpha value is -4.09. The van der Waals surface area contributed by atoms with E-state index in [-0.39, 0.29) is 39.0 Å². The fraction of sp³-hybridized carbons (Fsp3) is 0.205. The Kier molecular flexibility index (Phi) is 7.36. The van der Waals surface area contributed by atoms with Gasteiger partial charge in [-0.25, -0.2) is 4.98 Å². The minimum atomic E-state index is -0.105. The molecule has 0 aliphatic heterocycles. The molecular formula is C39H35AuN3O-2. The molecule has 0 saturated carbocycles. The number of phenols is 1. The molecule has 3 heterocycles. The van der Waals surface area contributed by atoms with Crippen molar-refractivity contribution in [1.82, 2.24) is 14.5 Å². The standard InChI is InChI=1S/C39H35N3O.Au/c1-38(2,3)25-18-19-35(43)30(21-25)31-20-24-12-11-15-29(37(24)41-31)32-22-26(39(4,5)6)23-36(40-32)42-33-16-9-7-13-27(33)28-14-8-10-17-34(28)42;/h7-16,18-23H,1-6H3,(H-,40,41,43);/q-2;. The van der Waals surface area contributed by atoms with Crippen molar-refractivity contribution in [2.75, 3.05) is 0 Å². The molecular weight excluding hydrogens is 723 g/mol. The van der Waals surface area contributed by atoms with Gasteiger partial charge in [-0.15, -0.1) is 16.6 Å². The van der Waals surface area contributed by atoms with Gasteiger partial charge in [0, 0.05) is 33.5 Å². The molecule has 4 aromatic carbocycles. The number of para-hydroxylation sites is 3. The second kappa shape index (κ2) is 10.8. The Balaban J connectivity index is 0.00000343. The van der Waals surface area contributed by atoms with Gasteiger partial charge >= 0.3 is 0 Å². The first-order valence-corrected chi connectivity index (χ1v) is 14.8. The van der Waals surface area contributed by atoms with Crippen LogP contribution in [0.25, 0.3) is 61.0 Å². The topological polar surface area (TPSA) is 52.1 Å². The van der Waals surface area contributed by atoms with Crippen LogP contribution in [0.2, 0.25) is 0 Å². The van der Waals surface area contributed by atoms with Crippen molar-refractivity contribution in [2.24, 2.45) is 0 Å². The van der Waals surface area contributed by atoms with E-state index < -0.39 is 0 Å². The SMILES string of the molecule is CC(C)(C)c1cc(-c2cccc3cc(-c4cc(C(C)(C)C)ccc4O)[n-]c23)nc(-n2c3[c-]cccc3c3ccccc32)c1.[Au]. The van der Waals surface area contributed by atoms with Gasteiger partial charge in [0.05, 0.1) is 5.69 Å². The van der Waals surface area contributed by atoms with Crippen LogP contribution in [0.3, 0.4) is 0 Å². The van der Waals surface area contributed by atoms with Crippen LogP contribution in [-0.2, 0) is 33.2 Å². The molecule has 5 heteroatoms. The molecule has 7 aromatic rings.